The SMILES string of the molecule is Cc1nc(N2C[C@@H](Cc3ccncc3)[C@H](O)C2)nc2c1CCC2. The molecule has 1 N–H and O–H groups in total. The van der Waals surface area contributed by atoms with Gasteiger partial charge in [-0.3, -0.25) is 4.98 Å². The quantitative estimate of drug-likeness (QED) is 0.935. The van der Waals surface area contributed by atoms with E-state index in [4.69, 9.17) is 9.97 Å². The molecule has 4 rings (SSSR count). The van der Waals surface area contributed by atoms with Gasteiger partial charge in [-0.2, -0.15) is 0 Å². The van der Waals surface area contributed by atoms with Gasteiger partial charge in [0.25, 0.3) is 0 Å². The fourth-order valence-corrected chi connectivity index (χ4v) is 3.79. The molecule has 0 spiro atoms. The predicted octanol–water partition coefficient (Wildman–Crippen LogP) is 1.71. The molecule has 0 unspecified atom stereocenters. The molecule has 3 heterocycles. The lowest BCUT2D eigenvalue weighted by Gasteiger charge is -2.18. The number of β-amino-alcohol motifs (C(OH)–C–C–N with tert-alkyl or cyclic N) is 1. The molecule has 5 heteroatoms. The van der Waals surface area contributed by atoms with E-state index in [2.05, 4.69) is 16.8 Å². The van der Waals surface area contributed by atoms with Gasteiger partial charge in [0.15, 0.2) is 0 Å². The second kappa shape index (κ2) is 5.89. The summed E-state index contributed by atoms with van der Waals surface area (Å²) in [5, 5.41) is 10.4. The van der Waals surface area contributed by atoms with E-state index in [9.17, 15) is 5.11 Å². The number of fused-ring (bicyclic) bond motifs is 1. The molecular formula is C18H22N4O. The van der Waals surface area contributed by atoms with E-state index in [1.165, 1.54) is 23.2 Å². The van der Waals surface area contributed by atoms with Crippen molar-refractivity contribution in [3.05, 3.63) is 47.0 Å². The third-order valence-electron chi connectivity index (χ3n) is 5.06. The highest BCUT2D eigenvalue weighted by Crippen LogP contribution is 2.28. The van der Waals surface area contributed by atoms with Crippen LogP contribution < -0.4 is 4.90 Å². The molecule has 0 amide bonds. The van der Waals surface area contributed by atoms with Crippen LogP contribution in [-0.4, -0.2) is 39.3 Å². The van der Waals surface area contributed by atoms with Crippen molar-refractivity contribution in [2.24, 2.45) is 5.92 Å². The van der Waals surface area contributed by atoms with Gasteiger partial charge in [-0.1, -0.05) is 0 Å². The molecule has 1 aliphatic heterocycles. The number of aromatic nitrogens is 3. The highest BCUT2D eigenvalue weighted by molar-refractivity contribution is 5.40. The van der Waals surface area contributed by atoms with Crippen LogP contribution in [0.2, 0.25) is 0 Å². The van der Waals surface area contributed by atoms with E-state index in [0.29, 0.717) is 6.54 Å². The van der Waals surface area contributed by atoms with Crippen molar-refractivity contribution in [2.45, 2.75) is 38.7 Å². The summed E-state index contributed by atoms with van der Waals surface area (Å²) in [6.45, 7) is 3.51. The molecule has 0 radical (unpaired) electrons. The maximum atomic E-state index is 10.4. The third-order valence-corrected chi connectivity index (χ3v) is 5.06. The highest BCUT2D eigenvalue weighted by Gasteiger charge is 2.33. The van der Waals surface area contributed by atoms with E-state index in [1.54, 1.807) is 12.4 Å². The molecule has 5 nitrogen and oxygen atoms in total. The summed E-state index contributed by atoms with van der Waals surface area (Å²) in [7, 11) is 0. The van der Waals surface area contributed by atoms with Crippen LogP contribution in [0.15, 0.2) is 24.5 Å². The smallest absolute Gasteiger partial charge is 0.225 e. The van der Waals surface area contributed by atoms with Crippen molar-refractivity contribution in [3.8, 4) is 0 Å². The topological polar surface area (TPSA) is 62.1 Å². The number of hydrogen-bond donors (Lipinski definition) is 1. The summed E-state index contributed by atoms with van der Waals surface area (Å²) in [5.41, 5.74) is 4.87. The molecule has 0 bridgehead atoms. The zero-order chi connectivity index (χ0) is 15.8. The Hall–Kier alpha value is -2.01. The van der Waals surface area contributed by atoms with Crippen LogP contribution >= 0.6 is 0 Å². The van der Waals surface area contributed by atoms with Crippen LogP contribution in [-0.2, 0) is 19.3 Å². The first-order valence-corrected chi connectivity index (χ1v) is 8.39. The lowest BCUT2D eigenvalue weighted by atomic mass is 9.97. The van der Waals surface area contributed by atoms with Crippen molar-refractivity contribution >= 4 is 5.95 Å². The van der Waals surface area contributed by atoms with Gasteiger partial charge < -0.3 is 10.0 Å². The number of aliphatic hydroxyl groups excluding tert-OH is 1. The zero-order valence-electron chi connectivity index (χ0n) is 13.4. The number of pyridine rings is 1. The number of nitrogens with zero attached hydrogens (tertiary/aromatic N) is 4. The van der Waals surface area contributed by atoms with E-state index in [1.807, 2.05) is 12.1 Å². The van der Waals surface area contributed by atoms with Gasteiger partial charge in [-0.05, 0) is 55.9 Å². The highest BCUT2D eigenvalue weighted by atomic mass is 16.3. The van der Waals surface area contributed by atoms with Crippen LogP contribution in [0.1, 0.15) is 28.9 Å². The van der Waals surface area contributed by atoms with Crippen LogP contribution in [0.5, 0.6) is 0 Å². The van der Waals surface area contributed by atoms with Crippen molar-refractivity contribution < 1.29 is 5.11 Å². The molecule has 0 saturated carbocycles. The monoisotopic (exact) mass is 310 g/mol. The lowest BCUT2D eigenvalue weighted by molar-refractivity contribution is 0.148. The van der Waals surface area contributed by atoms with E-state index in [0.717, 1.165) is 37.4 Å². The Kier molecular flexibility index (Phi) is 3.73. The lowest BCUT2D eigenvalue weighted by Crippen LogP contribution is -2.24. The van der Waals surface area contributed by atoms with E-state index < -0.39 is 0 Å². The average molecular weight is 310 g/mol. The summed E-state index contributed by atoms with van der Waals surface area (Å²) in [6.07, 6.45) is 7.49. The Morgan fingerprint density at radius 3 is 2.83 bits per heavy atom. The van der Waals surface area contributed by atoms with E-state index in [-0.39, 0.29) is 12.0 Å². The summed E-state index contributed by atoms with van der Waals surface area (Å²) in [5.74, 6) is 1.01. The Morgan fingerprint density at radius 2 is 2.00 bits per heavy atom. The second-order valence-corrected chi connectivity index (χ2v) is 6.68. The zero-order valence-corrected chi connectivity index (χ0v) is 13.4. The molecule has 2 aliphatic rings. The molecular weight excluding hydrogens is 288 g/mol. The molecule has 2 aromatic rings. The van der Waals surface area contributed by atoms with Gasteiger partial charge >= 0.3 is 0 Å². The Morgan fingerprint density at radius 1 is 1.17 bits per heavy atom. The fraction of sp³-hybridized carbons (Fsp3) is 0.500. The summed E-state index contributed by atoms with van der Waals surface area (Å²) in [6, 6.07) is 4.04. The maximum Gasteiger partial charge on any atom is 0.225 e. The third kappa shape index (κ3) is 2.81. The minimum Gasteiger partial charge on any atom is -0.391 e. The normalized spacial score (nSPS) is 23.3. The number of rotatable bonds is 3. The maximum absolute atomic E-state index is 10.4. The fourth-order valence-electron chi connectivity index (χ4n) is 3.79. The van der Waals surface area contributed by atoms with Crippen molar-refractivity contribution in [1.29, 1.82) is 0 Å². The second-order valence-electron chi connectivity index (χ2n) is 6.68. The first-order chi connectivity index (χ1) is 11.2. The van der Waals surface area contributed by atoms with Gasteiger partial charge in [0.1, 0.15) is 0 Å². The van der Waals surface area contributed by atoms with Crippen LogP contribution in [0.4, 0.5) is 5.95 Å². The first-order valence-electron chi connectivity index (χ1n) is 8.39. The molecule has 23 heavy (non-hydrogen) atoms. The molecule has 120 valence electrons. The van der Waals surface area contributed by atoms with Crippen molar-refractivity contribution in [3.63, 3.8) is 0 Å². The van der Waals surface area contributed by atoms with Crippen molar-refractivity contribution in [1.82, 2.24) is 15.0 Å². The molecule has 1 fully saturated rings. The minimum atomic E-state index is -0.333. The largest absolute Gasteiger partial charge is 0.391 e. The molecule has 1 saturated heterocycles. The van der Waals surface area contributed by atoms with Gasteiger partial charge in [-0.15, -0.1) is 0 Å². The van der Waals surface area contributed by atoms with Gasteiger partial charge in [0.05, 0.1) is 6.10 Å². The van der Waals surface area contributed by atoms with Gasteiger partial charge in [0, 0.05) is 42.8 Å². The summed E-state index contributed by atoms with van der Waals surface area (Å²) >= 11 is 0. The predicted molar refractivity (Wildman–Crippen MR) is 88.4 cm³/mol. The molecule has 2 aromatic heterocycles. The molecule has 0 aromatic carbocycles. The number of anilines is 1. The number of hydrogen-bond acceptors (Lipinski definition) is 5. The number of aryl methyl sites for hydroxylation is 2. The molecule has 2 atom stereocenters. The Bertz CT molecular complexity index is 704. The van der Waals surface area contributed by atoms with E-state index >= 15 is 0 Å². The van der Waals surface area contributed by atoms with Gasteiger partial charge in [-0.25, -0.2) is 9.97 Å². The van der Waals surface area contributed by atoms with Crippen LogP contribution in [0, 0.1) is 12.8 Å². The first kappa shape index (κ1) is 14.6. The number of aliphatic hydroxyl groups is 1. The minimum absolute atomic E-state index is 0.217. The average Bonchev–Trinajstić information content (AvgIpc) is 3.16. The summed E-state index contributed by atoms with van der Waals surface area (Å²) in [4.78, 5) is 15.7. The summed E-state index contributed by atoms with van der Waals surface area (Å²) < 4.78 is 0. The van der Waals surface area contributed by atoms with Crippen LogP contribution in [0.25, 0.3) is 0 Å². The Balaban J connectivity index is 1.52. The van der Waals surface area contributed by atoms with Crippen LogP contribution in [0.3, 0.4) is 0 Å². The standard InChI is InChI=1S/C18H22N4O/c1-12-15-3-2-4-16(15)21-18(20-12)22-10-14(17(23)11-22)9-13-5-7-19-8-6-13/h5-8,14,17,23H,2-4,9-11H2,1H3/t14-,17-/m1/s1. The van der Waals surface area contributed by atoms with Gasteiger partial charge in [0.2, 0.25) is 5.95 Å². The Labute approximate surface area is 136 Å². The van der Waals surface area contributed by atoms with Crippen molar-refractivity contribution in [2.75, 3.05) is 18.0 Å². The molecule has 1 aliphatic carbocycles.